The lowest BCUT2D eigenvalue weighted by molar-refractivity contribution is 0.293. The van der Waals surface area contributed by atoms with Gasteiger partial charge in [0, 0.05) is 17.1 Å². The summed E-state index contributed by atoms with van der Waals surface area (Å²) in [6.45, 7) is 3.98. The zero-order valence-corrected chi connectivity index (χ0v) is 16.4. The van der Waals surface area contributed by atoms with Crippen molar-refractivity contribution in [2.75, 3.05) is 13.1 Å². The van der Waals surface area contributed by atoms with Crippen LogP contribution in [0.5, 0.6) is 5.75 Å². The number of benzene rings is 2. The maximum absolute atomic E-state index is 6.02. The van der Waals surface area contributed by atoms with Gasteiger partial charge in [0.05, 0.1) is 5.69 Å². The zero-order valence-electron chi connectivity index (χ0n) is 15.7. The van der Waals surface area contributed by atoms with Crippen molar-refractivity contribution >= 4 is 22.5 Å². The van der Waals surface area contributed by atoms with Gasteiger partial charge in [-0.15, -0.1) is 0 Å². The van der Waals surface area contributed by atoms with Crippen LogP contribution < -0.4 is 10.1 Å². The standard InChI is InChI=1S/C23H27ClN2O/c24-20-9-11-22(12-10-20)27-17-21-15-19-7-1-2-8-23(19)26(21)14-4-6-18-5-3-13-25-16-18/h1-2,7-12,15,18,25H,3-6,13-14,16-17H2. The summed E-state index contributed by atoms with van der Waals surface area (Å²) in [5, 5.41) is 5.54. The van der Waals surface area contributed by atoms with Gasteiger partial charge in [0.1, 0.15) is 12.4 Å². The quantitative estimate of drug-likeness (QED) is 0.571. The van der Waals surface area contributed by atoms with Gasteiger partial charge in [-0.2, -0.15) is 0 Å². The number of aromatic nitrogens is 1. The highest BCUT2D eigenvalue weighted by molar-refractivity contribution is 6.30. The molecule has 3 aromatic rings. The first-order valence-corrected chi connectivity index (χ1v) is 10.3. The van der Waals surface area contributed by atoms with Crippen LogP contribution in [0.2, 0.25) is 5.02 Å². The number of para-hydroxylation sites is 1. The summed E-state index contributed by atoms with van der Waals surface area (Å²) in [5.74, 6) is 1.68. The lowest BCUT2D eigenvalue weighted by Crippen LogP contribution is -2.29. The summed E-state index contributed by atoms with van der Waals surface area (Å²) in [6.07, 6.45) is 5.18. The predicted octanol–water partition coefficient (Wildman–Crippen LogP) is 5.65. The summed E-state index contributed by atoms with van der Waals surface area (Å²) in [6, 6.07) is 18.4. The number of piperidine rings is 1. The molecule has 1 aromatic heterocycles. The Morgan fingerprint density at radius 2 is 1.96 bits per heavy atom. The van der Waals surface area contributed by atoms with Gasteiger partial charge in [-0.3, -0.25) is 0 Å². The van der Waals surface area contributed by atoms with Crippen LogP contribution in [0.3, 0.4) is 0 Å². The van der Waals surface area contributed by atoms with Crippen molar-refractivity contribution in [1.29, 1.82) is 0 Å². The molecule has 1 unspecified atom stereocenters. The van der Waals surface area contributed by atoms with E-state index in [-0.39, 0.29) is 0 Å². The van der Waals surface area contributed by atoms with Crippen LogP contribution in [0.1, 0.15) is 31.4 Å². The van der Waals surface area contributed by atoms with Crippen LogP contribution in [0.25, 0.3) is 10.9 Å². The van der Waals surface area contributed by atoms with Crippen molar-refractivity contribution in [1.82, 2.24) is 9.88 Å². The SMILES string of the molecule is Clc1ccc(OCc2cc3ccccc3n2CCCC2CCCNC2)cc1. The van der Waals surface area contributed by atoms with Gasteiger partial charge < -0.3 is 14.6 Å². The summed E-state index contributed by atoms with van der Waals surface area (Å²) >= 11 is 5.96. The summed E-state index contributed by atoms with van der Waals surface area (Å²) in [4.78, 5) is 0. The summed E-state index contributed by atoms with van der Waals surface area (Å²) in [5.41, 5.74) is 2.53. The Bertz CT molecular complexity index is 866. The topological polar surface area (TPSA) is 26.2 Å². The van der Waals surface area contributed by atoms with Crippen molar-refractivity contribution in [2.24, 2.45) is 5.92 Å². The lowest BCUT2D eigenvalue weighted by Gasteiger charge is -2.23. The molecule has 2 aromatic carbocycles. The van der Waals surface area contributed by atoms with Crippen LogP contribution in [0.4, 0.5) is 0 Å². The molecule has 1 saturated heterocycles. The van der Waals surface area contributed by atoms with Gasteiger partial charge >= 0.3 is 0 Å². The highest BCUT2D eigenvalue weighted by atomic mass is 35.5. The van der Waals surface area contributed by atoms with Crippen molar-refractivity contribution in [3.05, 3.63) is 65.3 Å². The number of aryl methyl sites for hydroxylation is 1. The Kier molecular flexibility index (Phi) is 6.00. The Hall–Kier alpha value is -1.97. The number of halogens is 1. The maximum atomic E-state index is 6.02. The van der Waals surface area contributed by atoms with Gasteiger partial charge in [0.15, 0.2) is 0 Å². The molecule has 1 N–H and O–H groups in total. The fraction of sp³-hybridized carbons (Fsp3) is 0.391. The molecule has 1 fully saturated rings. The molecule has 1 aliphatic rings. The molecule has 4 heteroatoms. The average Bonchev–Trinajstić information content (AvgIpc) is 3.06. The molecular formula is C23H27ClN2O. The van der Waals surface area contributed by atoms with E-state index in [1.807, 2.05) is 24.3 Å². The van der Waals surface area contributed by atoms with E-state index < -0.39 is 0 Å². The maximum Gasteiger partial charge on any atom is 0.128 e. The van der Waals surface area contributed by atoms with E-state index in [2.05, 4.69) is 40.2 Å². The third-order valence-corrected chi connectivity index (χ3v) is 5.74. The Morgan fingerprint density at radius 3 is 2.78 bits per heavy atom. The first-order chi connectivity index (χ1) is 13.3. The first-order valence-electron chi connectivity index (χ1n) is 9.96. The van der Waals surface area contributed by atoms with Gasteiger partial charge in [-0.1, -0.05) is 29.8 Å². The van der Waals surface area contributed by atoms with E-state index in [1.165, 1.54) is 55.4 Å². The molecule has 1 atom stereocenters. The molecule has 1 aliphatic heterocycles. The van der Waals surface area contributed by atoms with Crippen LogP contribution >= 0.6 is 11.6 Å². The van der Waals surface area contributed by atoms with E-state index in [4.69, 9.17) is 16.3 Å². The second-order valence-electron chi connectivity index (χ2n) is 7.44. The van der Waals surface area contributed by atoms with Gasteiger partial charge in [0.25, 0.3) is 0 Å². The molecular weight excluding hydrogens is 356 g/mol. The van der Waals surface area contributed by atoms with Crippen LogP contribution in [0.15, 0.2) is 54.6 Å². The molecule has 2 heterocycles. The average molecular weight is 383 g/mol. The molecule has 142 valence electrons. The second kappa shape index (κ2) is 8.81. The van der Waals surface area contributed by atoms with Gasteiger partial charge in [-0.05, 0) is 86.5 Å². The largest absolute Gasteiger partial charge is 0.487 e. The van der Waals surface area contributed by atoms with Gasteiger partial charge in [-0.25, -0.2) is 0 Å². The van der Waals surface area contributed by atoms with E-state index in [0.717, 1.165) is 23.2 Å². The van der Waals surface area contributed by atoms with E-state index in [1.54, 1.807) is 0 Å². The molecule has 27 heavy (non-hydrogen) atoms. The molecule has 0 bridgehead atoms. The number of rotatable bonds is 7. The second-order valence-corrected chi connectivity index (χ2v) is 7.88. The predicted molar refractivity (Wildman–Crippen MR) is 113 cm³/mol. The molecule has 0 aliphatic carbocycles. The van der Waals surface area contributed by atoms with Crippen LogP contribution in [-0.4, -0.2) is 17.7 Å². The van der Waals surface area contributed by atoms with Crippen molar-refractivity contribution in [3.63, 3.8) is 0 Å². The van der Waals surface area contributed by atoms with Crippen molar-refractivity contribution < 1.29 is 4.74 Å². The Balaban J connectivity index is 1.45. The molecule has 0 spiro atoms. The number of ether oxygens (including phenoxy) is 1. The third-order valence-electron chi connectivity index (χ3n) is 5.49. The minimum atomic E-state index is 0.571. The van der Waals surface area contributed by atoms with Crippen molar-refractivity contribution in [3.8, 4) is 5.75 Å². The van der Waals surface area contributed by atoms with E-state index in [9.17, 15) is 0 Å². The van der Waals surface area contributed by atoms with Crippen molar-refractivity contribution in [2.45, 2.75) is 38.8 Å². The monoisotopic (exact) mass is 382 g/mol. The fourth-order valence-electron chi connectivity index (χ4n) is 4.05. The third kappa shape index (κ3) is 4.66. The molecule has 0 saturated carbocycles. The minimum Gasteiger partial charge on any atom is -0.487 e. The highest BCUT2D eigenvalue weighted by Gasteiger charge is 2.14. The summed E-state index contributed by atoms with van der Waals surface area (Å²) < 4.78 is 8.46. The number of hydrogen-bond donors (Lipinski definition) is 1. The Morgan fingerprint density at radius 1 is 1.11 bits per heavy atom. The van der Waals surface area contributed by atoms with E-state index in [0.29, 0.717) is 6.61 Å². The van der Waals surface area contributed by atoms with Crippen LogP contribution in [0, 0.1) is 5.92 Å². The smallest absolute Gasteiger partial charge is 0.128 e. The minimum absolute atomic E-state index is 0.571. The Labute approximate surface area is 166 Å². The molecule has 0 amide bonds. The first kappa shape index (κ1) is 18.4. The lowest BCUT2D eigenvalue weighted by atomic mass is 9.95. The fourth-order valence-corrected chi connectivity index (χ4v) is 4.17. The van der Waals surface area contributed by atoms with Gasteiger partial charge in [0.2, 0.25) is 0 Å². The normalized spacial score (nSPS) is 17.3. The molecule has 0 radical (unpaired) electrons. The number of nitrogens with one attached hydrogen (secondary N) is 1. The molecule has 4 rings (SSSR count). The number of nitrogens with zero attached hydrogens (tertiary/aromatic N) is 1. The zero-order chi connectivity index (χ0) is 18.5. The van der Waals surface area contributed by atoms with E-state index >= 15 is 0 Å². The number of hydrogen-bond acceptors (Lipinski definition) is 2. The number of fused-ring (bicyclic) bond motifs is 1. The van der Waals surface area contributed by atoms with Crippen LogP contribution in [-0.2, 0) is 13.2 Å². The summed E-state index contributed by atoms with van der Waals surface area (Å²) in [7, 11) is 0. The highest BCUT2D eigenvalue weighted by Crippen LogP contribution is 2.24. The molecule has 3 nitrogen and oxygen atoms in total.